The van der Waals surface area contributed by atoms with Crippen molar-refractivity contribution in [2.24, 2.45) is 0 Å². The Morgan fingerprint density at radius 1 is 1.12 bits per heavy atom. The lowest BCUT2D eigenvalue weighted by Gasteiger charge is -2.44. The maximum atomic E-state index is 12.5. The first-order valence-electron chi connectivity index (χ1n) is 9.35. The standard InChI is InChI=1S/C19H27ClN2O3S/c20-18-6-4-17(5-7-18)8-15-26(23,24)21-16-19(9-2-1-3-10-19)22-11-13-25-14-12-22/h4-8,15,21H,1-3,9-14,16H2/p+1/b15-8+. The number of rotatable bonds is 6. The van der Waals surface area contributed by atoms with Gasteiger partial charge in [-0.25, -0.2) is 13.1 Å². The molecular weight excluding hydrogens is 372 g/mol. The summed E-state index contributed by atoms with van der Waals surface area (Å²) in [6.07, 6.45) is 7.35. The van der Waals surface area contributed by atoms with Crippen molar-refractivity contribution in [3.05, 3.63) is 40.3 Å². The van der Waals surface area contributed by atoms with E-state index in [0.29, 0.717) is 11.6 Å². The zero-order valence-corrected chi connectivity index (χ0v) is 16.6. The lowest BCUT2D eigenvalue weighted by molar-refractivity contribution is -0.960. The highest BCUT2D eigenvalue weighted by Gasteiger charge is 2.42. The Morgan fingerprint density at radius 3 is 2.42 bits per heavy atom. The lowest BCUT2D eigenvalue weighted by Crippen LogP contribution is -3.23. The number of quaternary nitrogens is 1. The first-order valence-corrected chi connectivity index (χ1v) is 11.3. The van der Waals surface area contributed by atoms with Crippen LogP contribution in [0.2, 0.25) is 5.02 Å². The highest BCUT2D eigenvalue weighted by Crippen LogP contribution is 2.25. The van der Waals surface area contributed by atoms with Crippen molar-refractivity contribution < 1.29 is 18.1 Å². The quantitative estimate of drug-likeness (QED) is 0.767. The monoisotopic (exact) mass is 399 g/mol. The van der Waals surface area contributed by atoms with Gasteiger partial charge in [-0.3, -0.25) is 0 Å². The van der Waals surface area contributed by atoms with Gasteiger partial charge in [0.25, 0.3) is 0 Å². The van der Waals surface area contributed by atoms with Crippen LogP contribution >= 0.6 is 11.6 Å². The van der Waals surface area contributed by atoms with Crippen LogP contribution in [0.25, 0.3) is 6.08 Å². The number of ether oxygens (including phenoxy) is 1. The van der Waals surface area contributed by atoms with Gasteiger partial charge < -0.3 is 9.64 Å². The second-order valence-corrected chi connectivity index (χ2v) is 9.36. The van der Waals surface area contributed by atoms with E-state index in [2.05, 4.69) is 4.72 Å². The number of benzene rings is 1. The fraction of sp³-hybridized carbons (Fsp3) is 0.579. The van der Waals surface area contributed by atoms with E-state index < -0.39 is 10.0 Å². The molecule has 0 spiro atoms. The molecule has 3 rings (SSSR count). The van der Waals surface area contributed by atoms with Gasteiger partial charge in [-0.05, 0) is 36.6 Å². The lowest BCUT2D eigenvalue weighted by atomic mass is 9.80. The SMILES string of the molecule is O=S(=O)(/C=C/c1ccc(Cl)cc1)NCC1([NH+]2CCOCC2)CCCCC1. The van der Waals surface area contributed by atoms with Gasteiger partial charge in [0.1, 0.15) is 18.6 Å². The second-order valence-electron chi connectivity index (χ2n) is 7.28. The van der Waals surface area contributed by atoms with Crippen molar-refractivity contribution in [1.82, 2.24) is 4.72 Å². The van der Waals surface area contributed by atoms with E-state index in [1.165, 1.54) is 29.6 Å². The van der Waals surface area contributed by atoms with Crippen LogP contribution in [-0.4, -0.2) is 46.8 Å². The molecule has 0 atom stereocenters. The molecule has 2 aliphatic rings. The van der Waals surface area contributed by atoms with Gasteiger partial charge in [0, 0.05) is 23.3 Å². The summed E-state index contributed by atoms with van der Waals surface area (Å²) >= 11 is 5.86. The fourth-order valence-corrected chi connectivity index (χ4v) is 5.10. The Balaban J connectivity index is 1.66. The molecule has 1 aromatic rings. The fourth-order valence-electron chi connectivity index (χ4n) is 4.06. The number of nitrogens with one attached hydrogen (secondary N) is 2. The van der Waals surface area contributed by atoms with E-state index >= 15 is 0 Å². The van der Waals surface area contributed by atoms with Crippen molar-refractivity contribution in [3.63, 3.8) is 0 Å². The Labute approximate surface area is 161 Å². The van der Waals surface area contributed by atoms with Crippen molar-refractivity contribution in [2.45, 2.75) is 37.6 Å². The van der Waals surface area contributed by atoms with Crippen LogP contribution in [0.5, 0.6) is 0 Å². The Bertz CT molecular complexity index is 707. The highest BCUT2D eigenvalue weighted by molar-refractivity contribution is 7.92. The number of hydrogen-bond donors (Lipinski definition) is 2. The number of morpholine rings is 1. The van der Waals surface area contributed by atoms with E-state index in [9.17, 15) is 8.42 Å². The van der Waals surface area contributed by atoms with Crippen LogP contribution in [0, 0.1) is 0 Å². The first kappa shape index (κ1) is 19.8. The van der Waals surface area contributed by atoms with Gasteiger partial charge in [0.15, 0.2) is 0 Å². The highest BCUT2D eigenvalue weighted by atomic mass is 35.5. The average molecular weight is 400 g/mol. The minimum absolute atomic E-state index is 0.00319. The third-order valence-corrected chi connectivity index (χ3v) is 6.87. The second kappa shape index (κ2) is 8.85. The summed E-state index contributed by atoms with van der Waals surface area (Å²) in [5.41, 5.74) is 0.814. The van der Waals surface area contributed by atoms with Crippen molar-refractivity contribution in [2.75, 3.05) is 32.8 Å². The minimum atomic E-state index is -3.47. The van der Waals surface area contributed by atoms with Gasteiger partial charge >= 0.3 is 0 Å². The summed E-state index contributed by atoms with van der Waals surface area (Å²) in [4.78, 5) is 1.49. The number of halogens is 1. The summed E-state index contributed by atoms with van der Waals surface area (Å²) in [7, 11) is -3.47. The average Bonchev–Trinajstić information content (AvgIpc) is 2.68. The molecule has 5 nitrogen and oxygen atoms in total. The molecule has 2 fully saturated rings. The molecular formula is C19H28ClN2O3S+. The molecule has 1 aromatic carbocycles. The molecule has 0 radical (unpaired) electrons. The summed E-state index contributed by atoms with van der Waals surface area (Å²) in [5.74, 6) is 0. The predicted molar refractivity (Wildman–Crippen MR) is 105 cm³/mol. The Morgan fingerprint density at radius 2 is 1.77 bits per heavy atom. The Kier molecular flexibility index (Phi) is 6.75. The van der Waals surface area contributed by atoms with E-state index in [1.54, 1.807) is 30.3 Å². The minimum Gasteiger partial charge on any atom is -0.370 e. The zero-order chi connectivity index (χ0) is 18.5. The molecule has 0 aromatic heterocycles. The van der Waals surface area contributed by atoms with Gasteiger partial charge in [-0.2, -0.15) is 0 Å². The summed E-state index contributed by atoms with van der Waals surface area (Å²) in [6.45, 7) is 3.95. The molecule has 1 aliphatic heterocycles. The number of sulfonamides is 1. The van der Waals surface area contributed by atoms with E-state index in [1.807, 2.05) is 0 Å². The van der Waals surface area contributed by atoms with Crippen molar-refractivity contribution in [1.29, 1.82) is 0 Å². The molecule has 0 bridgehead atoms. The molecule has 0 amide bonds. The summed E-state index contributed by atoms with van der Waals surface area (Å²) < 4.78 is 33.3. The normalized spacial score (nSPS) is 21.9. The zero-order valence-electron chi connectivity index (χ0n) is 15.0. The van der Waals surface area contributed by atoms with Crippen LogP contribution in [0.15, 0.2) is 29.7 Å². The number of hydrogen-bond acceptors (Lipinski definition) is 3. The van der Waals surface area contributed by atoms with Crippen molar-refractivity contribution in [3.8, 4) is 0 Å². The molecule has 144 valence electrons. The molecule has 1 saturated carbocycles. The van der Waals surface area contributed by atoms with Gasteiger partial charge in [0.2, 0.25) is 10.0 Å². The molecule has 1 aliphatic carbocycles. The predicted octanol–water partition coefficient (Wildman–Crippen LogP) is 1.85. The third-order valence-electron chi connectivity index (χ3n) is 5.58. The largest absolute Gasteiger partial charge is 0.370 e. The van der Waals surface area contributed by atoms with Crippen LogP contribution in [0.1, 0.15) is 37.7 Å². The van der Waals surface area contributed by atoms with Gasteiger partial charge in [0.05, 0.1) is 19.8 Å². The van der Waals surface area contributed by atoms with Crippen LogP contribution in [0.4, 0.5) is 0 Å². The molecule has 1 heterocycles. The van der Waals surface area contributed by atoms with E-state index in [-0.39, 0.29) is 5.54 Å². The van der Waals surface area contributed by atoms with Gasteiger partial charge in [-0.1, -0.05) is 30.2 Å². The van der Waals surface area contributed by atoms with E-state index in [0.717, 1.165) is 44.7 Å². The first-order chi connectivity index (χ1) is 12.5. The molecule has 2 N–H and O–H groups in total. The summed E-state index contributed by atoms with van der Waals surface area (Å²) in [6, 6.07) is 7.10. The van der Waals surface area contributed by atoms with Gasteiger partial charge in [-0.15, -0.1) is 0 Å². The molecule has 0 unspecified atom stereocenters. The van der Waals surface area contributed by atoms with Crippen molar-refractivity contribution >= 4 is 27.7 Å². The van der Waals surface area contributed by atoms with Crippen LogP contribution in [0.3, 0.4) is 0 Å². The van der Waals surface area contributed by atoms with Crippen LogP contribution in [-0.2, 0) is 14.8 Å². The van der Waals surface area contributed by atoms with E-state index in [4.69, 9.17) is 16.3 Å². The smallest absolute Gasteiger partial charge is 0.233 e. The summed E-state index contributed by atoms with van der Waals surface area (Å²) in [5, 5.41) is 1.89. The third kappa shape index (κ3) is 5.30. The molecule has 1 saturated heterocycles. The molecule has 7 heteroatoms. The topological polar surface area (TPSA) is 59.8 Å². The Hall–Kier alpha value is -0.920. The van der Waals surface area contributed by atoms with Crippen LogP contribution < -0.4 is 9.62 Å². The maximum absolute atomic E-state index is 12.5. The maximum Gasteiger partial charge on any atom is 0.233 e. The molecule has 26 heavy (non-hydrogen) atoms.